The first-order chi connectivity index (χ1) is 4.95. The van der Waals surface area contributed by atoms with Gasteiger partial charge in [0, 0.05) is 6.54 Å². The van der Waals surface area contributed by atoms with Crippen molar-refractivity contribution in [3.8, 4) is 0 Å². The molecular formula is C9H18NO. The lowest BCUT2D eigenvalue weighted by molar-refractivity contribution is 0.306. The molecule has 0 aliphatic heterocycles. The van der Waals surface area contributed by atoms with Gasteiger partial charge in [0.2, 0.25) is 0 Å². The largest absolute Gasteiger partial charge is 0.348 e. The Morgan fingerprint density at radius 3 is 2.36 bits per heavy atom. The van der Waals surface area contributed by atoms with Gasteiger partial charge < -0.3 is 5.32 Å². The molecule has 1 radical (unpaired) electrons. The number of nitrogens with one attached hydrogen (secondary N) is 1. The predicted molar refractivity (Wildman–Crippen MR) is 46.9 cm³/mol. The zero-order valence-electron chi connectivity index (χ0n) is 7.90. The lowest BCUT2D eigenvalue weighted by atomic mass is 9.85. The zero-order valence-corrected chi connectivity index (χ0v) is 7.90. The molecule has 0 saturated heterocycles. The van der Waals surface area contributed by atoms with Gasteiger partial charge >= 0.3 is 6.41 Å². The molecule has 0 aliphatic rings. The van der Waals surface area contributed by atoms with Crippen LogP contribution in [0.25, 0.3) is 0 Å². The third-order valence-electron chi connectivity index (χ3n) is 1.48. The van der Waals surface area contributed by atoms with E-state index in [1.54, 1.807) is 6.41 Å². The van der Waals surface area contributed by atoms with E-state index in [0.29, 0.717) is 11.3 Å². The van der Waals surface area contributed by atoms with Crippen molar-refractivity contribution in [2.45, 2.75) is 34.1 Å². The van der Waals surface area contributed by atoms with Gasteiger partial charge in [0.1, 0.15) is 0 Å². The van der Waals surface area contributed by atoms with Crippen LogP contribution in [0.15, 0.2) is 0 Å². The molecule has 0 aromatic carbocycles. The Bertz CT molecular complexity index is 115. The quantitative estimate of drug-likeness (QED) is 0.617. The summed E-state index contributed by atoms with van der Waals surface area (Å²) in [7, 11) is 0. The second-order valence-corrected chi connectivity index (χ2v) is 4.35. The van der Waals surface area contributed by atoms with Gasteiger partial charge in [-0.15, -0.1) is 0 Å². The zero-order chi connectivity index (χ0) is 8.91. The second kappa shape index (κ2) is 4.37. The van der Waals surface area contributed by atoms with Crippen LogP contribution in [0.2, 0.25) is 0 Å². The molecule has 1 atom stereocenters. The lowest BCUT2D eigenvalue weighted by Crippen LogP contribution is -2.23. The van der Waals surface area contributed by atoms with E-state index in [2.05, 4.69) is 33.0 Å². The maximum absolute atomic E-state index is 9.84. The molecule has 0 aliphatic carbocycles. The van der Waals surface area contributed by atoms with Crippen LogP contribution >= 0.6 is 0 Å². The molecule has 0 bridgehead atoms. The van der Waals surface area contributed by atoms with Crippen molar-refractivity contribution < 1.29 is 4.79 Å². The SMILES string of the molecule is CC(CN[C]=O)CC(C)(C)C. The predicted octanol–water partition coefficient (Wildman–Crippen LogP) is 1.72. The van der Waals surface area contributed by atoms with E-state index in [0.717, 1.165) is 13.0 Å². The van der Waals surface area contributed by atoms with Crippen LogP contribution < -0.4 is 5.32 Å². The Balaban J connectivity index is 3.51. The summed E-state index contributed by atoms with van der Waals surface area (Å²) in [5.74, 6) is 0.538. The first-order valence-electron chi connectivity index (χ1n) is 4.06. The Morgan fingerprint density at radius 2 is 2.00 bits per heavy atom. The molecule has 11 heavy (non-hydrogen) atoms. The second-order valence-electron chi connectivity index (χ2n) is 4.35. The van der Waals surface area contributed by atoms with Crippen LogP contribution in [0.4, 0.5) is 0 Å². The van der Waals surface area contributed by atoms with Gasteiger partial charge in [-0.1, -0.05) is 27.7 Å². The van der Waals surface area contributed by atoms with E-state index in [1.165, 1.54) is 0 Å². The Morgan fingerprint density at radius 1 is 1.45 bits per heavy atom. The summed E-state index contributed by atoms with van der Waals surface area (Å²) < 4.78 is 0. The van der Waals surface area contributed by atoms with E-state index >= 15 is 0 Å². The highest BCUT2D eigenvalue weighted by molar-refractivity contribution is 5.46. The van der Waals surface area contributed by atoms with Gasteiger partial charge in [0.05, 0.1) is 0 Å². The highest BCUT2D eigenvalue weighted by atomic mass is 16.1. The minimum Gasteiger partial charge on any atom is -0.348 e. The van der Waals surface area contributed by atoms with Crippen molar-refractivity contribution in [2.75, 3.05) is 6.54 Å². The summed E-state index contributed by atoms with van der Waals surface area (Å²) in [6, 6.07) is 0. The van der Waals surface area contributed by atoms with E-state index in [1.807, 2.05) is 0 Å². The van der Waals surface area contributed by atoms with Gasteiger partial charge in [0.15, 0.2) is 0 Å². The first kappa shape index (κ1) is 10.5. The molecule has 0 rings (SSSR count). The van der Waals surface area contributed by atoms with Crippen LogP contribution in [0, 0.1) is 11.3 Å². The molecule has 1 unspecified atom stereocenters. The van der Waals surface area contributed by atoms with Crippen LogP contribution in [-0.4, -0.2) is 13.0 Å². The van der Waals surface area contributed by atoms with Gasteiger partial charge in [-0.25, -0.2) is 0 Å². The Kier molecular flexibility index (Phi) is 4.16. The molecule has 1 amide bonds. The van der Waals surface area contributed by atoms with Crippen molar-refractivity contribution in [3.05, 3.63) is 0 Å². The Labute approximate surface area is 69.4 Å². The molecular weight excluding hydrogens is 138 g/mol. The molecule has 0 fully saturated rings. The summed E-state index contributed by atoms with van der Waals surface area (Å²) >= 11 is 0. The van der Waals surface area contributed by atoms with Crippen LogP contribution in [0.5, 0.6) is 0 Å². The van der Waals surface area contributed by atoms with Crippen LogP contribution in [-0.2, 0) is 4.79 Å². The van der Waals surface area contributed by atoms with Crippen molar-refractivity contribution in [2.24, 2.45) is 11.3 Å². The average Bonchev–Trinajstić information content (AvgIpc) is 1.79. The van der Waals surface area contributed by atoms with Crippen molar-refractivity contribution >= 4 is 6.41 Å². The molecule has 1 N–H and O–H groups in total. The minimum atomic E-state index is 0.351. The van der Waals surface area contributed by atoms with E-state index in [9.17, 15) is 4.79 Å². The standard InChI is InChI=1S/C9H18NO/c1-8(6-10-7-11)5-9(2,3)4/h8H,5-6H2,1-4H3,(H,10,11). The van der Waals surface area contributed by atoms with E-state index in [-0.39, 0.29) is 0 Å². The maximum Gasteiger partial charge on any atom is 0.309 e. The third kappa shape index (κ3) is 7.37. The van der Waals surface area contributed by atoms with Gasteiger partial charge in [0.25, 0.3) is 0 Å². The fraction of sp³-hybridized carbons (Fsp3) is 0.889. The molecule has 0 aromatic rings. The highest BCUT2D eigenvalue weighted by Gasteiger charge is 2.14. The first-order valence-corrected chi connectivity index (χ1v) is 4.06. The number of hydrogen-bond acceptors (Lipinski definition) is 1. The topological polar surface area (TPSA) is 29.1 Å². The summed E-state index contributed by atoms with van der Waals surface area (Å²) in [6.07, 6.45) is 2.81. The fourth-order valence-electron chi connectivity index (χ4n) is 1.33. The minimum absolute atomic E-state index is 0.351. The molecule has 0 heterocycles. The molecule has 0 spiro atoms. The molecule has 0 aromatic heterocycles. The summed E-state index contributed by atoms with van der Waals surface area (Å²) in [4.78, 5) is 9.84. The average molecular weight is 156 g/mol. The van der Waals surface area contributed by atoms with Gasteiger partial charge in [-0.3, -0.25) is 4.79 Å². The van der Waals surface area contributed by atoms with Crippen molar-refractivity contribution in [1.82, 2.24) is 5.32 Å². The fourth-order valence-corrected chi connectivity index (χ4v) is 1.33. The highest BCUT2D eigenvalue weighted by Crippen LogP contribution is 2.23. The van der Waals surface area contributed by atoms with Crippen molar-refractivity contribution in [1.29, 1.82) is 0 Å². The van der Waals surface area contributed by atoms with E-state index < -0.39 is 0 Å². The van der Waals surface area contributed by atoms with Crippen LogP contribution in [0.1, 0.15) is 34.1 Å². The smallest absolute Gasteiger partial charge is 0.309 e. The number of amides is 1. The normalized spacial score (nSPS) is 14.2. The Hall–Kier alpha value is -0.530. The van der Waals surface area contributed by atoms with E-state index in [4.69, 9.17) is 0 Å². The summed E-state index contributed by atoms with van der Waals surface area (Å²) in [6.45, 7) is 9.48. The molecule has 65 valence electrons. The summed E-state index contributed by atoms with van der Waals surface area (Å²) in [5, 5.41) is 2.57. The number of carbonyl (C=O) groups excluding carboxylic acids is 1. The molecule has 2 nitrogen and oxygen atoms in total. The third-order valence-corrected chi connectivity index (χ3v) is 1.48. The monoisotopic (exact) mass is 156 g/mol. The number of rotatable bonds is 4. The summed E-state index contributed by atoms with van der Waals surface area (Å²) in [5.41, 5.74) is 0.351. The molecule has 2 heteroatoms. The van der Waals surface area contributed by atoms with Crippen LogP contribution in [0.3, 0.4) is 0 Å². The molecule has 0 saturated carbocycles. The lowest BCUT2D eigenvalue weighted by Gasteiger charge is -2.22. The van der Waals surface area contributed by atoms with Crippen molar-refractivity contribution in [3.63, 3.8) is 0 Å². The van der Waals surface area contributed by atoms with Gasteiger partial charge in [-0.2, -0.15) is 0 Å². The maximum atomic E-state index is 9.84. The van der Waals surface area contributed by atoms with Gasteiger partial charge in [-0.05, 0) is 17.8 Å². The number of hydrogen-bond donors (Lipinski definition) is 1.